The van der Waals surface area contributed by atoms with E-state index in [1.807, 2.05) is 12.2 Å². The van der Waals surface area contributed by atoms with Crippen molar-refractivity contribution in [1.29, 1.82) is 0 Å². The summed E-state index contributed by atoms with van der Waals surface area (Å²) in [6.45, 7) is 10.0. The quantitative estimate of drug-likeness (QED) is 0.0425. The van der Waals surface area contributed by atoms with E-state index in [9.17, 15) is 9.59 Å². The molecule has 0 aliphatic heterocycles. The van der Waals surface area contributed by atoms with E-state index < -0.39 is 0 Å². The zero-order valence-electron chi connectivity index (χ0n) is 28.0. The summed E-state index contributed by atoms with van der Waals surface area (Å²) >= 11 is 0. The predicted molar refractivity (Wildman–Crippen MR) is 181 cm³/mol. The van der Waals surface area contributed by atoms with E-state index in [-0.39, 0.29) is 24.6 Å². The van der Waals surface area contributed by atoms with E-state index in [4.69, 9.17) is 9.47 Å². The molecule has 1 atom stereocenters. The molecule has 0 saturated heterocycles. The molecule has 0 fully saturated rings. The Bertz CT molecular complexity index is 614. The maximum Gasteiger partial charge on any atom is 0.306 e. The Morgan fingerprint density at radius 1 is 0.524 bits per heavy atom. The van der Waals surface area contributed by atoms with Crippen LogP contribution in [0.1, 0.15) is 193 Å². The molecule has 0 radical (unpaired) electrons. The van der Waals surface area contributed by atoms with Crippen LogP contribution in [0.3, 0.4) is 0 Å². The molecule has 0 aromatic heterocycles. The minimum absolute atomic E-state index is 0.137. The average molecular weight is 591 g/mol. The van der Waals surface area contributed by atoms with Gasteiger partial charge in [0.2, 0.25) is 0 Å². The van der Waals surface area contributed by atoms with Gasteiger partial charge in [0.05, 0.1) is 0 Å². The number of esters is 2. The zero-order valence-corrected chi connectivity index (χ0v) is 28.0. The molecule has 0 bridgehead atoms. The Hall–Kier alpha value is -1.58. The molecule has 246 valence electrons. The van der Waals surface area contributed by atoms with Crippen LogP contribution in [0.4, 0.5) is 0 Å². The number of rotatable bonds is 34. The van der Waals surface area contributed by atoms with Crippen molar-refractivity contribution in [3.05, 3.63) is 25.3 Å². The monoisotopic (exact) mass is 591 g/mol. The van der Waals surface area contributed by atoms with Crippen molar-refractivity contribution < 1.29 is 19.1 Å². The SMILES string of the molecule is C=CCCCCCCCCCC(=O)OCC(CCCCCCCCCCCC)OC(=O)CCCCCCCCCC=C. The van der Waals surface area contributed by atoms with Crippen LogP contribution in [0.15, 0.2) is 25.3 Å². The molecule has 0 N–H and O–H groups in total. The van der Waals surface area contributed by atoms with Crippen LogP contribution in [0.5, 0.6) is 0 Å². The molecule has 1 unspecified atom stereocenters. The lowest BCUT2D eigenvalue weighted by Crippen LogP contribution is -2.25. The Morgan fingerprint density at radius 2 is 0.905 bits per heavy atom. The summed E-state index contributed by atoms with van der Waals surface area (Å²) in [4.78, 5) is 24.9. The van der Waals surface area contributed by atoms with Crippen molar-refractivity contribution in [2.24, 2.45) is 0 Å². The van der Waals surface area contributed by atoms with Gasteiger partial charge in [-0.2, -0.15) is 0 Å². The Balaban J connectivity index is 4.21. The molecule has 4 heteroatoms. The van der Waals surface area contributed by atoms with Gasteiger partial charge >= 0.3 is 11.9 Å². The van der Waals surface area contributed by atoms with Crippen LogP contribution in [0.25, 0.3) is 0 Å². The number of carbonyl (C=O) groups excluding carboxylic acids is 2. The largest absolute Gasteiger partial charge is 0.462 e. The zero-order chi connectivity index (χ0) is 30.8. The molecule has 0 rings (SSSR count). The molecule has 0 aromatic carbocycles. The van der Waals surface area contributed by atoms with Gasteiger partial charge in [-0.25, -0.2) is 0 Å². The first-order valence-corrected chi connectivity index (χ1v) is 18.2. The molecule has 42 heavy (non-hydrogen) atoms. The molecule has 0 saturated carbocycles. The Kier molecular flexibility index (Phi) is 32.6. The maximum atomic E-state index is 12.6. The van der Waals surface area contributed by atoms with Crippen LogP contribution in [0.2, 0.25) is 0 Å². The van der Waals surface area contributed by atoms with Crippen molar-refractivity contribution in [3.63, 3.8) is 0 Å². The van der Waals surface area contributed by atoms with E-state index in [0.29, 0.717) is 12.8 Å². The van der Waals surface area contributed by atoms with Gasteiger partial charge < -0.3 is 9.47 Å². The van der Waals surface area contributed by atoms with Crippen LogP contribution in [-0.2, 0) is 19.1 Å². The van der Waals surface area contributed by atoms with Crippen molar-refractivity contribution in [3.8, 4) is 0 Å². The molecule has 0 amide bonds. The fraction of sp³-hybridized carbons (Fsp3) is 0.842. The number of ether oxygens (including phenoxy) is 2. The van der Waals surface area contributed by atoms with Gasteiger partial charge in [-0.05, 0) is 51.4 Å². The summed E-state index contributed by atoms with van der Waals surface area (Å²) in [7, 11) is 0. The van der Waals surface area contributed by atoms with E-state index in [0.717, 1.165) is 57.8 Å². The summed E-state index contributed by atoms with van der Waals surface area (Å²) in [5, 5.41) is 0. The molecule has 0 spiro atoms. The third kappa shape index (κ3) is 31.4. The van der Waals surface area contributed by atoms with Gasteiger partial charge in [0.15, 0.2) is 0 Å². The summed E-state index contributed by atoms with van der Waals surface area (Å²) in [6, 6.07) is 0. The number of unbranched alkanes of at least 4 members (excludes halogenated alkanes) is 23. The molecule has 4 nitrogen and oxygen atoms in total. The second kappa shape index (κ2) is 33.9. The first-order chi connectivity index (χ1) is 20.6. The van der Waals surface area contributed by atoms with Crippen molar-refractivity contribution in [1.82, 2.24) is 0 Å². The highest BCUT2D eigenvalue weighted by molar-refractivity contribution is 5.70. The topological polar surface area (TPSA) is 52.6 Å². The normalized spacial score (nSPS) is 11.7. The van der Waals surface area contributed by atoms with Gasteiger partial charge in [0, 0.05) is 12.8 Å². The highest BCUT2D eigenvalue weighted by atomic mass is 16.6. The minimum atomic E-state index is -0.309. The predicted octanol–water partition coefficient (Wildman–Crippen LogP) is 12.1. The minimum Gasteiger partial charge on any atom is -0.462 e. The lowest BCUT2D eigenvalue weighted by molar-refractivity contribution is -0.159. The highest BCUT2D eigenvalue weighted by Crippen LogP contribution is 2.16. The van der Waals surface area contributed by atoms with Gasteiger partial charge in [-0.3, -0.25) is 9.59 Å². The van der Waals surface area contributed by atoms with Gasteiger partial charge in [0.25, 0.3) is 0 Å². The van der Waals surface area contributed by atoms with E-state index >= 15 is 0 Å². The van der Waals surface area contributed by atoms with E-state index in [1.165, 1.54) is 116 Å². The Morgan fingerprint density at radius 3 is 1.36 bits per heavy atom. The first kappa shape index (κ1) is 40.4. The van der Waals surface area contributed by atoms with Crippen molar-refractivity contribution in [2.75, 3.05) is 6.61 Å². The fourth-order valence-electron chi connectivity index (χ4n) is 5.42. The summed E-state index contributed by atoms with van der Waals surface area (Å²) in [6.07, 6.45) is 36.6. The molecular weight excluding hydrogens is 520 g/mol. The number of hydrogen-bond donors (Lipinski definition) is 0. The van der Waals surface area contributed by atoms with Gasteiger partial charge in [0.1, 0.15) is 12.7 Å². The number of hydrogen-bond acceptors (Lipinski definition) is 4. The maximum absolute atomic E-state index is 12.6. The highest BCUT2D eigenvalue weighted by Gasteiger charge is 2.17. The third-order valence-corrected chi connectivity index (χ3v) is 8.19. The lowest BCUT2D eigenvalue weighted by atomic mass is 10.0. The molecule has 0 aliphatic rings. The van der Waals surface area contributed by atoms with E-state index in [1.54, 1.807) is 0 Å². The molecule has 0 aliphatic carbocycles. The number of allylic oxidation sites excluding steroid dienone is 2. The van der Waals surface area contributed by atoms with Gasteiger partial charge in [-0.1, -0.05) is 141 Å². The second-order valence-electron chi connectivity index (χ2n) is 12.4. The van der Waals surface area contributed by atoms with Crippen LogP contribution in [-0.4, -0.2) is 24.6 Å². The van der Waals surface area contributed by atoms with Crippen LogP contribution < -0.4 is 0 Å². The number of carbonyl (C=O) groups is 2. The third-order valence-electron chi connectivity index (χ3n) is 8.19. The Labute approximate surface area is 261 Å². The first-order valence-electron chi connectivity index (χ1n) is 18.2. The van der Waals surface area contributed by atoms with E-state index in [2.05, 4.69) is 20.1 Å². The average Bonchev–Trinajstić information content (AvgIpc) is 2.99. The standard InChI is InChI=1S/C38H70O4/c1-4-7-10-13-16-19-22-23-26-29-32-36(42-38(40)34-31-28-25-21-18-15-12-9-6-3)35-41-37(39)33-30-27-24-20-17-14-11-8-5-2/h5-6,36H,2-4,7-35H2,1H3. The fourth-order valence-corrected chi connectivity index (χ4v) is 5.42. The summed E-state index contributed by atoms with van der Waals surface area (Å²) in [5.74, 6) is -0.291. The molecular formula is C38H70O4. The summed E-state index contributed by atoms with van der Waals surface area (Å²) in [5.41, 5.74) is 0. The van der Waals surface area contributed by atoms with Crippen LogP contribution in [0, 0.1) is 0 Å². The van der Waals surface area contributed by atoms with Crippen molar-refractivity contribution in [2.45, 2.75) is 199 Å². The summed E-state index contributed by atoms with van der Waals surface area (Å²) < 4.78 is 11.4. The second-order valence-corrected chi connectivity index (χ2v) is 12.4. The van der Waals surface area contributed by atoms with Gasteiger partial charge in [-0.15, -0.1) is 13.2 Å². The van der Waals surface area contributed by atoms with Crippen molar-refractivity contribution >= 4 is 11.9 Å². The lowest BCUT2D eigenvalue weighted by Gasteiger charge is -2.18. The molecule has 0 heterocycles. The smallest absolute Gasteiger partial charge is 0.306 e. The molecule has 0 aromatic rings. The van der Waals surface area contributed by atoms with Crippen LogP contribution >= 0.6 is 0 Å².